The van der Waals surface area contributed by atoms with Crippen molar-refractivity contribution in [2.45, 2.75) is 45.4 Å². The molecule has 1 aliphatic carbocycles. The van der Waals surface area contributed by atoms with Gasteiger partial charge in [0, 0.05) is 18.9 Å². The summed E-state index contributed by atoms with van der Waals surface area (Å²) in [6.07, 6.45) is 5.77. The first-order chi connectivity index (χ1) is 6.24. The fourth-order valence-electron chi connectivity index (χ4n) is 2.11. The van der Waals surface area contributed by atoms with Crippen LogP contribution in [0.15, 0.2) is 0 Å². The summed E-state index contributed by atoms with van der Waals surface area (Å²) in [7, 11) is 0. The van der Waals surface area contributed by atoms with Crippen LogP contribution in [-0.4, -0.2) is 17.5 Å². The van der Waals surface area contributed by atoms with Gasteiger partial charge in [-0.2, -0.15) is 0 Å². The maximum absolute atomic E-state index is 11.5. The highest BCUT2D eigenvalue weighted by Gasteiger charge is 2.25. The van der Waals surface area contributed by atoms with Crippen molar-refractivity contribution >= 4 is 5.78 Å². The zero-order valence-corrected chi connectivity index (χ0v) is 8.46. The van der Waals surface area contributed by atoms with E-state index in [1.165, 1.54) is 0 Å². The lowest BCUT2D eigenvalue weighted by Gasteiger charge is -2.25. The first-order valence-corrected chi connectivity index (χ1v) is 5.37. The Kier molecular flexibility index (Phi) is 4.43. The molecular weight excluding hydrogens is 164 g/mol. The molecule has 0 aliphatic heterocycles. The summed E-state index contributed by atoms with van der Waals surface area (Å²) in [5.41, 5.74) is 0. The van der Waals surface area contributed by atoms with Crippen molar-refractivity contribution in [2.24, 2.45) is 11.8 Å². The van der Waals surface area contributed by atoms with Crippen molar-refractivity contribution < 1.29 is 9.90 Å². The molecule has 0 spiro atoms. The molecule has 0 amide bonds. The molecule has 2 unspecified atom stereocenters. The van der Waals surface area contributed by atoms with Gasteiger partial charge in [0.1, 0.15) is 5.78 Å². The van der Waals surface area contributed by atoms with E-state index in [4.69, 9.17) is 5.11 Å². The summed E-state index contributed by atoms with van der Waals surface area (Å²) >= 11 is 0. The largest absolute Gasteiger partial charge is 0.396 e. The molecule has 2 nitrogen and oxygen atoms in total. The molecular formula is C11H20O2. The number of rotatable bonds is 4. The molecule has 2 heteroatoms. The fourth-order valence-corrected chi connectivity index (χ4v) is 2.11. The van der Waals surface area contributed by atoms with Gasteiger partial charge in [-0.1, -0.05) is 13.3 Å². The molecule has 1 saturated carbocycles. The van der Waals surface area contributed by atoms with Crippen molar-refractivity contribution in [3.8, 4) is 0 Å². The highest BCUT2D eigenvalue weighted by atomic mass is 16.2. The molecule has 0 saturated heterocycles. The van der Waals surface area contributed by atoms with E-state index in [0.29, 0.717) is 11.7 Å². The summed E-state index contributed by atoms with van der Waals surface area (Å²) in [4.78, 5) is 11.5. The van der Waals surface area contributed by atoms with Crippen LogP contribution in [0.2, 0.25) is 0 Å². The van der Waals surface area contributed by atoms with E-state index >= 15 is 0 Å². The number of hydrogen-bond acceptors (Lipinski definition) is 2. The highest BCUT2D eigenvalue weighted by Crippen LogP contribution is 2.29. The lowest BCUT2D eigenvalue weighted by Crippen LogP contribution is -2.23. The summed E-state index contributed by atoms with van der Waals surface area (Å²) in [5.74, 6) is 1.48. The van der Waals surface area contributed by atoms with Gasteiger partial charge in [0.25, 0.3) is 0 Å². The van der Waals surface area contributed by atoms with Crippen LogP contribution >= 0.6 is 0 Å². The zero-order chi connectivity index (χ0) is 9.68. The van der Waals surface area contributed by atoms with E-state index < -0.39 is 0 Å². The van der Waals surface area contributed by atoms with Gasteiger partial charge >= 0.3 is 0 Å². The second-order valence-electron chi connectivity index (χ2n) is 4.26. The molecule has 1 N–H and O–H groups in total. The maximum atomic E-state index is 11.5. The van der Waals surface area contributed by atoms with Gasteiger partial charge in [0.2, 0.25) is 0 Å². The van der Waals surface area contributed by atoms with Gasteiger partial charge in [0.05, 0.1) is 0 Å². The first kappa shape index (κ1) is 10.7. The molecule has 1 rings (SSSR count). The summed E-state index contributed by atoms with van der Waals surface area (Å²) in [6, 6.07) is 0. The number of hydrogen-bond donors (Lipinski definition) is 1. The Morgan fingerprint density at radius 2 is 2.23 bits per heavy atom. The van der Waals surface area contributed by atoms with E-state index in [1.54, 1.807) is 0 Å². The van der Waals surface area contributed by atoms with Gasteiger partial charge in [0.15, 0.2) is 0 Å². The Balaban J connectivity index is 2.25. The third-order valence-electron chi connectivity index (χ3n) is 2.99. The first-order valence-electron chi connectivity index (χ1n) is 5.37. The van der Waals surface area contributed by atoms with E-state index in [0.717, 1.165) is 44.4 Å². The van der Waals surface area contributed by atoms with Crippen LogP contribution in [0.5, 0.6) is 0 Å². The Morgan fingerprint density at radius 1 is 1.46 bits per heavy atom. The van der Waals surface area contributed by atoms with Crippen molar-refractivity contribution in [1.82, 2.24) is 0 Å². The second-order valence-corrected chi connectivity index (χ2v) is 4.26. The number of aliphatic hydroxyl groups is 1. The maximum Gasteiger partial charge on any atom is 0.135 e. The SMILES string of the molecule is CC1CCC(=O)C(CCCCO)C1. The van der Waals surface area contributed by atoms with Crippen LogP contribution in [0.25, 0.3) is 0 Å². The van der Waals surface area contributed by atoms with Crippen molar-refractivity contribution in [3.63, 3.8) is 0 Å². The summed E-state index contributed by atoms with van der Waals surface area (Å²) in [5, 5.41) is 8.63. The Labute approximate surface area is 80.3 Å². The van der Waals surface area contributed by atoms with Gasteiger partial charge in [-0.3, -0.25) is 4.79 Å². The average molecular weight is 184 g/mol. The smallest absolute Gasteiger partial charge is 0.135 e. The van der Waals surface area contributed by atoms with E-state index in [9.17, 15) is 4.79 Å². The molecule has 0 aromatic carbocycles. The normalized spacial score (nSPS) is 29.2. The monoisotopic (exact) mass is 184 g/mol. The third-order valence-corrected chi connectivity index (χ3v) is 2.99. The quantitative estimate of drug-likeness (QED) is 0.680. The van der Waals surface area contributed by atoms with E-state index in [-0.39, 0.29) is 6.61 Å². The minimum atomic E-state index is 0.260. The van der Waals surface area contributed by atoms with Crippen LogP contribution < -0.4 is 0 Å². The van der Waals surface area contributed by atoms with Crippen LogP contribution in [0.4, 0.5) is 0 Å². The van der Waals surface area contributed by atoms with Crippen LogP contribution in [-0.2, 0) is 4.79 Å². The van der Waals surface area contributed by atoms with Gasteiger partial charge in [-0.15, -0.1) is 0 Å². The second kappa shape index (κ2) is 5.38. The molecule has 2 atom stereocenters. The van der Waals surface area contributed by atoms with Crippen molar-refractivity contribution in [3.05, 3.63) is 0 Å². The minimum Gasteiger partial charge on any atom is -0.396 e. The fraction of sp³-hybridized carbons (Fsp3) is 0.909. The number of unbranched alkanes of at least 4 members (excludes halogenated alkanes) is 1. The van der Waals surface area contributed by atoms with Crippen LogP contribution in [0.1, 0.15) is 45.4 Å². The molecule has 0 aromatic rings. The van der Waals surface area contributed by atoms with E-state index in [2.05, 4.69) is 6.92 Å². The van der Waals surface area contributed by atoms with E-state index in [1.807, 2.05) is 0 Å². The Morgan fingerprint density at radius 3 is 2.92 bits per heavy atom. The molecule has 0 aromatic heterocycles. The lowest BCUT2D eigenvalue weighted by molar-refractivity contribution is -0.125. The minimum absolute atomic E-state index is 0.260. The Bertz CT molecular complexity index is 165. The Hall–Kier alpha value is -0.370. The van der Waals surface area contributed by atoms with Crippen molar-refractivity contribution in [1.29, 1.82) is 0 Å². The molecule has 0 heterocycles. The topological polar surface area (TPSA) is 37.3 Å². The number of aliphatic hydroxyl groups excluding tert-OH is 1. The number of carbonyl (C=O) groups is 1. The zero-order valence-electron chi connectivity index (χ0n) is 8.46. The summed E-state index contributed by atoms with van der Waals surface area (Å²) < 4.78 is 0. The number of Topliss-reactive ketones (excluding diaryl/α,β-unsaturated/α-hetero) is 1. The molecule has 0 radical (unpaired) electrons. The van der Waals surface area contributed by atoms with Crippen molar-refractivity contribution in [2.75, 3.05) is 6.61 Å². The predicted octanol–water partition coefficient (Wildman–Crippen LogP) is 2.15. The third kappa shape index (κ3) is 3.47. The van der Waals surface area contributed by atoms with Gasteiger partial charge in [-0.05, 0) is 31.6 Å². The molecule has 1 fully saturated rings. The van der Waals surface area contributed by atoms with Crippen LogP contribution in [0, 0.1) is 11.8 Å². The standard InChI is InChI=1S/C11H20O2/c1-9-5-6-11(13)10(8-9)4-2-3-7-12/h9-10,12H,2-8H2,1H3. The molecule has 1 aliphatic rings. The summed E-state index contributed by atoms with van der Waals surface area (Å²) in [6.45, 7) is 2.49. The molecule has 0 bridgehead atoms. The van der Waals surface area contributed by atoms with Gasteiger partial charge < -0.3 is 5.11 Å². The molecule has 76 valence electrons. The lowest BCUT2D eigenvalue weighted by atomic mass is 9.79. The van der Waals surface area contributed by atoms with Gasteiger partial charge in [-0.25, -0.2) is 0 Å². The van der Waals surface area contributed by atoms with Crippen LogP contribution in [0.3, 0.4) is 0 Å². The number of carbonyl (C=O) groups excluding carboxylic acids is 1. The average Bonchev–Trinajstić information content (AvgIpc) is 2.11. The predicted molar refractivity (Wildman–Crippen MR) is 52.4 cm³/mol. The highest BCUT2D eigenvalue weighted by molar-refractivity contribution is 5.81. The molecule has 13 heavy (non-hydrogen) atoms. The number of ketones is 1.